The monoisotopic (exact) mass is 2140 g/mol. The average Bonchev–Trinajstić information content (AvgIpc) is 1.66. The van der Waals surface area contributed by atoms with Gasteiger partial charge in [0.25, 0.3) is 46.0 Å². The van der Waals surface area contributed by atoms with Crippen molar-refractivity contribution in [3.05, 3.63) is 304 Å². The summed E-state index contributed by atoms with van der Waals surface area (Å²) in [5.41, 5.74) is 26.1. The number of nitrogens with zero attached hydrogens (tertiary/aromatic N) is 12. The molecule has 1 saturated carbocycles. The third-order valence-corrected chi connectivity index (χ3v) is 28.1. The van der Waals surface area contributed by atoms with Gasteiger partial charge in [0.1, 0.15) is 93.7 Å². The summed E-state index contributed by atoms with van der Waals surface area (Å²) in [6.45, 7) is 21.5. The minimum atomic E-state index is -3.93. The minimum absolute atomic E-state index is 0.0245. The number of hydrogen-bond donors (Lipinski definition) is 9. The molecule has 12 aromatic rings. The average molecular weight is 2140 g/mol. The molecule has 49 nitrogen and oxygen atoms in total. The summed E-state index contributed by atoms with van der Waals surface area (Å²) < 4.78 is 226. The number of halogens is 4. The normalized spacial score (nSPS) is 15.8. The van der Waals surface area contributed by atoms with Gasteiger partial charge in [-0.3, -0.25) is 75.5 Å². The van der Waals surface area contributed by atoms with Crippen LogP contribution in [0.15, 0.2) is 214 Å². The van der Waals surface area contributed by atoms with Crippen LogP contribution in [0.2, 0.25) is 0 Å². The molecule has 0 amide bonds. The lowest BCUT2D eigenvalue weighted by Gasteiger charge is -2.19. The Hall–Kier alpha value is -14.1. The molecule has 4 aromatic carbocycles. The number of hydrogen-bond acceptors (Lipinski definition) is 41. The summed E-state index contributed by atoms with van der Waals surface area (Å²) in [5.74, 6) is 0.744. The lowest BCUT2D eigenvalue weighted by atomic mass is 10.1. The van der Waals surface area contributed by atoms with Crippen LogP contribution in [0.3, 0.4) is 0 Å². The van der Waals surface area contributed by atoms with Gasteiger partial charge < -0.3 is 121 Å². The molecule has 1 aliphatic carbocycles. The molecular formula is C91H104F4N20O29P4. The van der Waals surface area contributed by atoms with Gasteiger partial charge in [0.15, 0.2) is 79.2 Å². The number of nitrogen functional groups attached to an aromatic ring is 4. The fourth-order valence-electron chi connectivity index (χ4n) is 14.2. The summed E-state index contributed by atoms with van der Waals surface area (Å²) in [5, 5.41) is 9.40. The number of H-pyrrole nitrogens is 4. The van der Waals surface area contributed by atoms with Crippen molar-refractivity contribution in [3.8, 4) is 0 Å². The van der Waals surface area contributed by atoms with E-state index in [1.807, 2.05) is 0 Å². The van der Waals surface area contributed by atoms with Crippen LogP contribution in [0.25, 0.3) is 44.7 Å². The molecule has 4 aliphatic heterocycles. The molecule has 12 heterocycles. The van der Waals surface area contributed by atoms with Crippen LogP contribution in [0.4, 0.5) is 41.4 Å². The Kier molecular flexibility index (Phi) is 36.7. The highest BCUT2D eigenvalue weighted by Crippen LogP contribution is 2.54. The van der Waals surface area contributed by atoms with Gasteiger partial charge in [-0.1, -0.05) is 61.4 Å². The van der Waals surface area contributed by atoms with Crippen molar-refractivity contribution in [1.82, 2.24) is 78.1 Å². The number of aromatic amines is 4. The van der Waals surface area contributed by atoms with Gasteiger partial charge in [-0.25, -0.2) is 37.5 Å². The highest BCUT2D eigenvalue weighted by molar-refractivity contribution is 7.54. The lowest BCUT2D eigenvalue weighted by molar-refractivity contribution is 0.114. The summed E-state index contributed by atoms with van der Waals surface area (Å²) in [4.78, 5) is 89.7. The quantitative estimate of drug-likeness (QED) is 0.00972. The molecule has 8 aromatic heterocycles. The first-order chi connectivity index (χ1) is 70.7. The van der Waals surface area contributed by atoms with Crippen molar-refractivity contribution in [2.45, 2.75) is 113 Å². The smallest absolute Gasteiger partial charge is 0.356 e. The number of aliphatic hydroxyl groups excluding tert-OH is 1. The van der Waals surface area contributed by atoms with Crippen LogP contribution in [0, 0.1) is 56.9 Å². The lowest BCUT2D eigenvalue weighted by Crippen LogP contribution is -2.14. The van der Waals surface area contributed by atoms with Crippen LogP contribution in [-0.4, -0.2) is 168 Å². The van der Waals surface area contributed by atoms with E-state index in [9.17, 15) is 60.1 Å². The molecule has 148 heavy (non-hydrogen) atoms. The first kappa shape index (κ1) is 110. The van der Waals surface area contributed by atoms with Gasteiger partial charge in [0, 0.05) is 32.1 Å². The van der Waals surface area contributed by atoms with E-state index in [0.717, 1.165) is 25.7 Å². The van der Waals surface area contributed by atoms with Gasteiger partial charge in [-0.15, -0.1) is 0 Å². The van der Waals surface area contributed by atoms with E-state index in [2.05, 4.69) is 86.1 Å². The first-order valence-corrected chi connectivity index (χ1v) is 51.9. The molecular weight excluding hydrogens is 2040 g/mol. The van der Waals surface area contributed by atoms with E-state index in [0.29, 0.717) is 73.2 Å². The summed E-state index contributed by atoms with van der Waals surface area (Å²) in [6, 6.07) is 18.2. The van der Waals surface area contributed by atoms with Crippen molar-refractivity contribution < 1.29 is 134 Å². The number of aliphatic hydroxyl groups is 1. The van der Waals surface area contributed by atoms with Gasteiger partial charge in [-0.05, 0) is 143 Å². The Morgan fingerprint density at radius 2 is 0.676 bits per heavy atom. The van der Waals surface area contributed by atoms with E-state index in [4.69, 9.17) is 116 Å². The van der Waals surface area contributed by atoms with Crippen molar-refractivity contribution in [1.29, 1.82) is 0 Å². The number of anilines is 4. The Labute approximate surface area is 837 Å². The molecule has 5 aliphatic rings. The number of fused-ring (bicyclic) bond motifs is 4. The summed E-state index contributed by atoms with van der Waals surface area (Å²) in [7, 11) is -15.5. The molecule has 0 spiro atoms. The van der Waals surface area contributed by atoms with Crippen molar-refractivity contribution >= 4 is 98.8 Å². The number of allylic oxidation sites excluding steroid dienone is 2. The van der Waals surface area contributed by atoms with E-state index in [1.54, 1.807) is 101 Å². The molecule has 4 atom stereocenters. The second-order valence-corrected chi connectivity index (χ2v) is 41.0. The number of ether oxygens (including phenoxy) is 12. The maximum Gasteiger partial charge on any atom is 0.356 e. The zero-order valence-electron chi connectivity index (χ0n) is 80.3. The number of nitrogens with two attached hydrogens (primary N) is 4. The highest BCUT2D eigenvalue weighted by atomic mass is 31.2. The standard InChI is InChI=1S/C26H31FN5O7P.C22H25FN5O8P.C22H25FN5O7P.C21H23FN5O7P/c1-16-7-8-18(11-20(16)27)12-36-40(34,37-13-21-23(39-17(2)38-21)19-5-3-4-6-19)15-35-10-9-32-14-29-22-24(32)30-26(28)31-25(22)33;1-13-3-4-15(7-16(13)23)9-33-37(31,34-10-18-17(8-29)35-14(2)36-18)12-32-6-5-28-11-25-19-20(28)26-22(24)27-21(19)30;1-13-4-5-16(8-17(13)23)9-32-36(30,33-10-18-14(2)34-15(3)35-18)12-31-7-6-28-11-25-19-20(28)26-22(24)27-21(19)29;1-13-3-4-15(7-17(13)22)8-32-35(29,33-10-16-9-31-14(2)34-16)12-30-6-5-27-11-24-18-19(27)25-21(23)26-20(18)28/h7-8,11,14,19H,2-6,9-10,12-13,15H2,1H3,(H3,28,30,31,33);3-4,7,11,29H,2,5-6,8-10,12H2,1H3,(H3,24,26,27,30);4-5,8,11H,3,6-7,9-10,12H2,1-2H3,(H3,24,26,27,29);3-4,7,9,11H,2,5-6,8,10,12H2,1H3,(H3,23,25,26,28). The maximum atomic E-state index is 14.1. The van der Waals surface area contributed by atoms with Crippen LogP contribution < -0.4 is 45.2 Å². The van der Waals surface area contributed by atoms with Gasteiger partial charge in [0.2, 0.25) is 23.8 Å². The van der Waals surface area contributed by atoms with E-state index in [-0.39, 0.29) is 215 Å². The number of imidazole rings is 4. The molecule has 17 rings (SSSR count). The van der Waals surface area contributed by atoms with Gasteiger partial charge >= 0.3 is 30.4 Å². The largest absolute Gasteiger partial charge is 0.431 e. The molecule has 57 heteroatoms. The Morgan fingerprint density at radius 1 is 0.385 bits per heavy atom. The predicted octanol–water partition coefficient (Wildman–Crippen LogP) is 13.0. The van der Waals surface area contributed by atoms with Crippen LogP contribution in [0.5, 0.6) is 0 Å². The van der Waals surface area contributed by atoms with Gasteiger partial charge in [0.05, 0.1) is 78.2 Å². The van der Waals surface area contributed by atoms with Crippen LogP contribution in [-0.2, 0) is 164 Å². The van der Waals surface area contributed by atoms with E-state index in [1.165, 1.54) is 55.8 Å². The summed E-state index contributed by atoms with van der Waals surface area (Å²) in [6.07, 6.45) is 9.39. The summed E-state index contributed by atoms with van der Waals surface area (Å²) >= 11 is 0. The van der Waals surface area contributed by atoms with Crippen molar-refractivity contribution in [2.75, 3.05) is 108 Å². The minimum Gasteiger partial charge on any atom is -0.431 e. The SMILES string of the molecule is C=C1OC(C)=C(COP(=O)(COCCn2cnc3c(=O)[nH]c(N)nc32)OCc2ccc(C)c(F)c2)O1.C=C1OC(CO)=C(COP(=O)(COCCn2cnc3c(=O)[nH]c(N)nc32)OCc2ccc(C)c(F)c2)O1.C=C1OC(COP(=O)(COCCn2cnc3c(=O)[nH]c(N)nc32)OCc2ccc(C)c(F)c2)=C(C2CCCC2)O1.C=C1OC=C(COP(=O)(COCCn2cnc3c(=O)[nH]c(N)nc32)OCc2ccc(C)c(F)c2)O1. The van der Waals surface area contributed by atoms with Gasteiger partial charge in [-0.2, -0.15) is 19.9 Å². The molecule has 4 unspecified atom stereocenters. The Bertz CT molecular complexity index is 7560. The molecule has 1 fully saturated rings. The topological polar surface area (TPSA) is 631 Å². The number of aromatic nitrogens is 16. The Balaban J connectivity index is 0.000000156. The first-order valence-electron chi connectivity index (χ1n) is 45.0. The number of rotatable bonds is 46. The zero-order valence-corrected chi connectivity index (χ0v) is 83.8. The van der Waals surface area contributed by atoms with Crippen LogP contribution in [0.1, 0.15) is 77.1 Å². The molecule has 0 bridgehead atoms. The maximum absolute atomic E-state index is 14.1. The van der Waals surface area contributed by atoms with E-state index < -0.39 is 108 Å². The molecule has 790 valence electrons. The fourth-order valence-corrected chi connectivity index (χ4v) is 19.1. The zero-order chi connectivity index (χ0) is 106. The second kappa shape index (κ2) is 49.6. The number of benzene rings is 4. The molecule has 0 radical (unpaired) electrons. The third-order valence-electron chi connectivity index (χ3n) is 22.0. The highest BCUT2D eigenvalue weighted by Gasteiger charge is 2.37. The second-order valence-electron chi connectivity index (χ2n) is 33.0. The Morgan fingerprint density at radius 3 is 0.986 bits per heavy atom. The number of nitrogens with one attached hydrogen (secondary N) is 4. The molecule has 0 saturated heterocycles. The van der Waals surface area contributed by atoms with Crippen LogP contribution >= 0.6 is 30.4 Å². The van der Waals surface area contributed by atoms with Crippen molar-refractivity contribution in [3.63, 3.8) is 0 Å². The number of aryl methyl sites for hydroxylation is 4. The molecule has 13 N–H and O–H groups in total. The third kappa shape index (κ3) is 29.7. The fraction of sp³-hybridized carbons (Fsp3) is 0.341. The predicted molar refractivity (Wildman–Crippen MR) is 521 cm³/mol. The van der Waals surface area contributed by atoms with Crippen molar-refractivity contribution in [2.24, 2.45) is 5.92 Å². The van der Waals surface area contributed by atoms with E-state index >= 15 is 0 Å².